The molecule has 0 saturated heterocycles. The zero-order valence-corrected chi connectivity index (χ0v) is 9.58. The molecule has 1 unspecified atom stereocenters. The van der Waals surface area contributed by atoms with Crippen molar-refractivity contribution in [2.75, 3.05) is 11.2 Å². The Morgan fingerprint density at radius 3 is 2.92 bits per heavy atom. The molecule has 13 heavy (non-hydrogen) atoms. The molecule has 1 atom stereocenters. The molecule has 1 rings (SSSR count). The fraction of sp³-hybridized carbons (Fsp3) is 0.667. The van der Waals surface area contributed by atoms with Gasteiger partial charge in [-0.1, -0.05) is 6.92 Å². The highest BCUT2D eigenvalue weighted by Crippen LogP contribution is 2.17. The van der Waals surface area contributed by atoms with Crippen LogP contribution in [-0.2, 0) is 0 Å². The normalized spacial score (nSPS) is 12.8. The Morgan fingerprint density at radius 1 is 1.69 bits per heavy atom. The smallest absolute Gasteiger partial charge is 0.183 e. The first-order valence-electron chi connectivity index (χ1n) is 4.51. The van der Waals surface area contributed by atoms with Crippen LogP contribution in [0, 0.1) is 6.92 Å². The molecule has 0 spiro atoms. The van der Waals surface area contributed by atoms with Gasteiger partial charge in [0.05, 0.1) is 5.69 Å². The minimum atomic E-state index is 0.461. The molecular formula is C9H15ClN2S. The SMILES string of the molecule is CCC(CCCl)Nc1nc(C)cs1. The van der Waals surface area contributed by atoms with Crippen molar-refractivity contribution < 1.29 is 0 Å². The molecule has 0 bridgehead atoms. The Bertz CT molecular complexity index is 250. The maximum Gasteiger partial charge on any atom is 0.183 e. The second-order valence-electron chi connectivity index (χ2n) is 3.02. The van der Waals surface area contributed by atoms with Crippen molar-refractivity contribution in [2.24, 2.45) is 0 Å². The van der Waals surface area contributed by atoms with Crippen molar-refractivity contribution in [1.29, 1.82) is 0 Å². The van der Waals surface area contributed by atoms with Crippen molar-refractivity contribution in [2.45, 2.75) is 32.7 Å². The van der Waals surface area contributed by atoms with Crippen LogP contribution in [0.25, 0.3) is 0 Å². The first kappa shape index (κ1) is 10.8. The summed E-state index contributed by atoms with van der Waals surface area (Å²) in [6.45, 7) is 4.16. The molecule has 2 nitrogen and oxygen atoms in total. The molecule has 0 fully saturated rings. The van der Waals surface area contributed by atoms with Crippen molar-refractivity contribution >= 4 is 28.1 Å². The van der Waals surface area contributed by atoms with E-state index in [1.165, 1.54) is 0 Å². The summed E-state index contributed by atoms with van der Waals surface area (Å²) in [5.74, 6) is 0.704. The van der Waals surface area contributed by atoms with E-state index in [4.69, 9.17) is 11.6 Å². The van der Waals surface area contributed by atoms with Crippen LogP contribution in [0.4, 0.5) is 5.13 Å². The second kappa shape index (κ2) is 5.45. The van der Waals surface area contributed by atoms with Crippen molar-refractivity contribution in [3.05, 3.63) is 11.1 Å². The van der Waals surface area contributed by atoms with E-state index in [1.807, 2.05) is 6.92 Å². The summed E-state index contributed by atoms with van der Waals surface area (Å²) in [7, 11) is 0. The standard InChI is InChI=1S/C9H15ClN2S/c1-3-8(4-5-10)12-9-11-7(2)6-13-9/h6,8H,3-5H2,1-2H3,(H,11,12). The van der Waals surface area contributed by atoms with Crippen LogP contribution in [-0.4, -0.2) is 16.9 Å². The molecular weight excluding hydrogens is 204 g/mol. The summed E-state index contributed by atoms with van der Waals surface area (Å²) in [6, 6.07) is 0.461. The van der Waals surface area contributed by atoms with E-state index in [2.05, 4.69) is 22.6 Å². The fourth-order valence-corrected chi connectivity index (χ4v) is 2.13. The number of thiazole rings is 1. The average molecular weight is 219 g/mol. The number of nitrogens with one attached hydrogen (secondary N) is 1. The summed E-state index contributed by atoms with van der Waals surface area (Å²) in [6.07, 6.45) is 2.09. The van der Waals surface area contributed by atoms with Gasteiger partial charge in [0.15, 0.2) is 5.13 Å². The number of aromatic nitrogens is 1. The number of nitrogens with zero attached hydrogens (tertiary/aromatic N) is 1. The van der Waals surface area contributed by atoms with Gasteiger partial charge in [-0.05, 0) is 19.8 Å². The monoisotopic (exact) mass is 218 g/mol. The predicted molar refractivity (Wildman–Crippen MR) is 59.9 cm³/mol. The van der Waals surface area contributed by atoms with Crippen LogP contribution < -0.4 is 5.32 Å². The van der Waals surface area contributed by atoms with Crippen molar-refractivity contribution in [1.82, 2.24) is 4.98 Å². The van der Waals surface area contributed by atoms with E-state index in [0.717, 1.165) is 23.7 Å². The highest BCUT2D eigenvalue weighted by atomic mass is 35.5. The van der Waals surface area contributed by atoms with Crippen molar-refractivity contribution in [3.63, 3.8) is 0 Å². The van der Waals surface area contributed by atoms with Gasteiger partial charge in [-0.25, -0.2) is 4.98 Å². The zero-order valence-electron chi connectivity index (χ0n) is 8.01. The predicted octanol–water partition coefficient (Wildman–Crippen LogP) is 3.27. The van der Waals surface area contributed by atoms with Gasteiger partial charge < -0.3 is 5.32 Å². The number of rotatable bonds is 5. The third-order valence-corrected chi connectivity index (χ3v) is 3.01. The molecule has 0 saturated carbocycles. The van der Waals surface area contributed by atoms with Gasteiger partial charge in [0.25, 0.3) is 0 Å². The number of aryl methyl sites for hydroxylation is 1. The van der Waals surface area contributed by atoms with Gasteiger partial charge in [-0.2, -0.15) is 0 Å². The van der Waals surface area contributed by atoms with Crippen molar-refractivity contribution in [3.8, 4) is 0 Å². The van der Waals surface area contributed by atoms with Crippen LogP contribution in [0.5, 0.6) is 0 Å². The Hall–Kier alpha value is -0.280. The number of halogens is 1. The number of hydrogen-bond donors (Lipinski definition) is 1. The lowest BCUT2D eigenvalue weighted by molar-refractivity contribution is 0.674. The first-order valence-corrected chi connectivity index (χ1v) is 5.92. The molecule has 1 aromatic rings. The molecule has 0 aromatic carbocycles. The third kappa shape index (κ3) is 3.53. The van der Waals surface area contributed by atoms with E-state index in [9.17, 15) is 0 Å². The third-order valence-electron chi connectivity index (χ3n) is 1.90. The summed E-state index contributed by atoms with van der Waals surface area (Å²) in [5, 5.41) is 6.43. The Labute approximate surface area is 88.3 Å². The maximum atomic E-state index is 5.69. The summed E-state index contributed by atoms with van der Waals surface area (Å²) < 4.78 is 0. The molecule has 1 aromatic heterocycles. The molecule has 0 radical (unpaired) electrons. The van der Waals surface area contributed by atoms with Gasteiger partial charge in [0.2, 0.25) is 0 Å². The van der Waals surface area contributed by atoms with E-state index >= 15 is 0 Å². The molecule has 0 aliphatic rings. The zero-order chi connectivity index (χ0) is 9.68. The quantitative estimate of drug-likeness (QED) is 0.768. The van der Waals surface area contributed by atoms with E-state index in [0.29, 0.717) is 11.9 Å². The van der Waals surface area contributed by atoms with Crippen LogP contribution >= 0.6 is 22.9 Å². The van der Waals surface area contributed by atoms with Crippen LogP contribution in [0.15, 0.2) is 5.38 Å². The van der Waals surface area contributed by atoms with Crippen LogP contribution in [0.1, 0.15) is 25.5 Å². The summed E-state index contributed by atoms with van der Waals surface area (Å²) in [5.41, 5.74) is 1.08. The lowest BCUT2D eigenvalue weighted by Gasteiger charge is -2.13. The number of alkyl halides is 1. The maximum absolute atomic E-state index is 5.69. The van der Waals surface area contributed by atoms with E-state index in [1.54, 1.807) is 11.3 Å². The van der Waals surface area contributed by atoms with E-state index < -0.39 is 0 Å². The average Bonchev–Trinajstić information content (AvgIpc) is 2.50. The minimum absolute atomic E-state index is 0.461. The van der Waals surface area contributed by atoms with Gasteiger partial charge in [0.1, 0.15) is 0 Å². The van der Waals surface area contributed by atoms with Gasteiger partial charge in [0, 0.05) is 17.3 Å². The lowest BCUT2D eigenvalue weighted by atomic mass is 10.2. The molecule has 1 N–H and O–H groups in total. The Morgan fingerprint density at radius 2 is 2.46 bits per heavy atom. The van der Waals surface area contributed by atoms with E-state index in [-0.39, 0.29) is 0 Å². The summed E-state index contributed by atoms with van der Waals surface area (Å²) in [4.78, 5) is 4.35. The molecule has 4 heteroatoms. The highest BCUT2D eigenvalue weighted by molar-refractivity contribution is 7.13. The van der Waals surface area contributed by atoms with Gasteiger partial charge in [-0.15, -0.1) is 22.9 Å². The second-order valence-corrected chi connectivity index (χ2v) is 4.26. The molecule has 1 heterocycles. The van der Waals surface area contributed by atoms with Crippen LogP contribution in [0.2, 0.25) is 0 Å². The minimum Gasteiger partial charge on any atom is -0.359 e. The first-order chi connectivity index (χ1) is 6.26. The topological polar surface area (TPSA) is 24.9 Å². The molecule has 0 amide bonds. The highest BCUT2D eigenvalue weighted by Gasteiger charge is 2.06. The number of hydrogen-bond acceptors (Lipinski definition) is 3. The van der Waals surface area contributed by atoms with Gasteiger partial charge in [-0.3, -0.25) is 0 Å². The Balaban J connectivity index is 2.46. The molecule has 0 aliphatic heterocycles. The fourth-order valence-electron chi connectivity index (χ4n) is 1.10. The largest absolute Gasteiger partial charge is 0.359 e. The Kier molecular flexibility index (Phi) is 4.53. The number of anilines is 1. The molecule has 0 aliphatic carbocycles. The molecule has 74 valence electrons. The lowest BCUT2D eigenvalue weighted by Crippen LogP contribution is -2.18. The van der Waals surface area contributed by atoms with Crippen LogP contribution in [0.3, 0.4) is 0 Å². The summed E-state index contributed by atoms with van der Waals surface area (Å²) >= 11 is 7.34. The van der Waals surface area contributed by atoms with Gasteiger partial charge >= 0.3 is 0 Å².